The first kappa shape index (κ1) is 15.5. The first-order valence-corrected chi connectivity index (χ1v) is 8.75. The topological polar surface area (TPSA) is 23.6 Å². The van der Waals surface area contributed by atoms with Gasteiger partial charge in [-0.25, -0.2) is 0 Å². The van der Waals surface area contributed by atoms with Crippen LogP contribution in [0.1, 0.15) is 12.8 Å². The first-order chi connectivity index (χ1) is 9.70. The van der Waals surface area contributed by atoms with Crippen molar-refractivity contribution in [1.82, 2.24) is 4.90 Å². The van der Waals surface area contributed by atoms with E-state index in [2.05, 4.69) is 17.2 Å². The third-order valence-electron chi connectivity index (χ3n) is 3.54. The van der Waals surface area contributed by atoms with Gasteiger partial charge in [0.15, 0.2) is 0 Å². The maximum absolute atomic E-state index is 12.0. The normalized spacial score (nSPS) is 15.5. The van der Waals surface area contributed by atoms with E-state index in [1.165, 1.54) is 0 Å². The van der Waals surface area contributed by atoms with Crippen molar-refractivity contribution < 1.29 is 4.79 Å². The number of anilines is 1. The summed E-state index contributed by atoms with van der Waals surface area (Å²) in [6.45, 7) is 3.39. The minimum absolute atomic E-state index is 0.296. The van der Waals surface area contributed by atoms with Crippen LogP contribution in [0, 0.1) is 0 Å². The molecule has 0 bridgehead atoms. The fourth-order valence-electron chi connectivity index (χ4n) is 2.41. The summed E-state index contributed by atoms with van der Waals surface area (Å²) in [5, 5.41) is 0.762. The van der Waals surface area contributed by atoms with Gasteiger partial charge in [-0.15, -0.1) is 0 Å². The molecule has 0 saturated carbocycles. The molecular formula is C15H21ClN2OS. The van der Waals surface area contributed by atoms with Crippen LogP contribution in [0.4, 0.5) is 5.69 Å². The average Bonchev–Trinajstić information content (AvgIpc) is 2.47. The predicted molar refractivity (Wildman–Crippen MR) is 87.9 cm³/mol. The number of amides is 1. The van der Waals surface area contributed by atoms with Gasteiger partial charge in [-0.05, 0) is 36.6 Å². The van der Waals surface area contributed by atoms with Crippen LogP contribution in [0.15, 0.2) is 24.3 Å². The lowest BCUT2D eigenvalue weighted by Crippen LogP contribution is -2.48. The Bertz CT molecular complexity index is 447. The zero-order valence-electron chi connectivity index (χ0n) is 11.8. The van der Waals surface area contributed by atoms with Crippen LogP contribution in [0.2, 0.25) is 5.02 Å². The van der Waals surface area contributed by atoms with Crippen LogP contribution < -0.4 is 4.90 Å². The molecule has 1 fully saturated rings. The monoisotopic (exact) mass is 312 g/mol. The Kier molecular flexibility index (Phi) is 6.05. The molecule has 110 valence electrons. The molecule has 0 atom stereocenters. The minimum Gasteiger partial charge on any atom is -0.368 e. The molecule has 5 heteroatoms. The fourth-order valence-corrected chi connectivity index (χ4v) is 3.03. The first-order valence-electron chi connectivity index (χ1n) is 6.98. The number of hydrogen-bond acceptors (Lipinski definition) is 3. The third-order valence-corrected chi connectivity index (χ3v) is 4.48. The summed E-state index contributed by atoms with van der Waals surface area (Å²) < 4.78 is 0. The Balaban J connectivity index is 1.81. The van der Waals surface area contributed by atoms with Gasteiger partial charge in [0.25, 0.3) is 0 Å². The summed E-state index contributed by atoms with van der Waals surface area (Å²) in [7, 11) is 0. The zero-order chi connectivity index (χ0) is 14.4. The van der Waals surface area contributed by atoms with E-state index in [0.29, 0.717) is 12.3 Å². The van der Waals surface area contributed by atoms with Crippen molar-refractivity contribution in [2.45, 2.75) is 12.8 Å². The molecule has 1 amide bonds. The highest BCUT2D eigenvalue weighted by Crippen LogP contribution is 2.21. The molecule has 1 aliphatic rings. The lowest BCUT2D eigenvalue weighted by Gasteiger charge is -2.36. The van der Waals surface area contributed by atoms with E-state index in [1.54, 1.807) is 11.8 Å². The van der Waals surface area contributed by atoms with Crippen LogP contribution in [0.5, 0.6) is 0 Å². The highest BCUT2D eigenvalue weighted by molar-refractivity contribution is 7.98. The standard InChI is InChI=1S/C15H21ClN2OS/c1-20-11-3-6-15(19)18-9-7-17(8-10-18)14-5-2-4-13(16)12-14/h2,4-5,12H,3,6-11H2,1H3. The van der Waals surface area contributed by atoms with Crippen LogP contribution in [0.25, 0.3) is 0 Å². The van der Waals surface area contributed by atoms with Crippen molar-refractivity contribution in [3.8, 4) is 0 Å². The fraction of sp³-hybridized carbons (Fsp3) is 0.533. The maximum atomic E-state index is 12.0. The van der Waals surface area contributed by atoms with Gasteiger partial charge >= 0.3 is 0 Å². The summed E-state index contributed by atoms with van der Waals surface area (Å²) >= 11 is 7.82. The molecule has 20 heavy (non-hydrogen) atoms. The molecule has 0 aromatic heterocycles. The van der Waals surface area contributed by atoms with Gasteiger partial charge in [0.1, 0.15) is 0 Å². The summed E-state index contributed by atoms with van der Waals surface area (Å²) in [4.78, 5) is 16.3. The number of halogens is 1. The number of piperazine rings is 1. The molecule has 1 saturated heterocycles. The molecule has 0 unspecified atom stereocenters. The van der Waals surface area contributed by atoms with E-state index in [0.717, 1.165) is 49.1 Å². The Morgan fingerprint density at radius 3 is 2.70 bits per heavy atom. The van der Waals surface area contributed by atoms with Crippen molar-refractivity contribution in [3.05, 3.63) is 29.3 Å². The van der Waals surface area contributed by atoms with Crippen LogP contribution in [0.3, 0.4) is 0 Å². The highest BCUT2D eigenvalue weighted by Gasteiger charge is 2.20. The van der Waals surface area contributed by atoms with E-state index in [9.17, 15) is 4.79 Å². The van der Waals surface area contributed by atoms with E-state index < -0.39 is 0 Å². The van der Waals surface area contributed by atoms with E-state index in [4.69, 9.17) is 11.6 Å². The van der Waals surface area contributed by atoms with Crippen LogP contribution >= 0.6 is 23.4 Å². The Hall–Kier alpha value is -0.870. The number of nitrogens with zero attached hydrogens (tertiary/aromatic N) is 2. The Labute approximate surface area is 130 Å². The lowest BCUT2D eigenvalue weighted by molar-refractivity contribution is -0.131. The molecule has 0 radical (unpaired) electrons. The molecule has 1 aliphatic heterocycles. The van der Waals surface area contributed by atoms with Gasteiger partial charge in [0.2, 0.25) is 5.91 Å². The molecule has 1 aromatic carbocycles. The van der Waals surface area contributed by atoms with Crippen molar-refractivity contribution in [1.29, 1.82) is 0 Å². The number of thioether (sulfide) groups is 1. The van der Waals surface area contributed by atoms with Gasteiger partial charge in [-0.3, -0.25) is 4.79 Å². The van der Waals surface area contributed by atoms with Crippen LogP contribution in [-0.2, 0) is 4.79 Å². The molecule has 2 rings (SSSR count). The van der Waals surface area contributed by atoms with Gasteiger partial charge in [0.05, 0.1) is 0 Å². The van der Waals surface area contributed by atoms with Crippen molar-refractivity contribution in [3.63, 3.8) is 0 Å². The second-order valence-corrected chi connectivity index (χ2v) is 6.37. The molecule has 3 nitrogen and oxygen atoms in total. The van der Waals surface area contributed by atoms with E-state index in [-0.39, 0.29) is 0 Å². The van der Waals surface area contributed by atoms with E-state index in [1.807, 2.05) is 23.1 Å². The number of carbonyl (C=O) groups excluding carboxylic acids is 1. The Morgan fingerprint density at radius 1 is 1.30 bits per heavy atom. The largest absolute Gasteiger partial charge is 0.368 e. The summed E-state index contributed by atoms with van der Waals surface area (Å²) in [6.07, 6.45) is 3.74. The third kappa shape index (κ3) is 4.32. The maximum Gasteiger partial charge on any atom is 0.222 e. The zero-order valence-corrected chi connectivity index (χ0v) is 13.4. The summed E-state index contributed by atoms with van der Waals surface area (Å²) in [5.74, 6) is 1.36. The second kappa shape index (κ2) is 7.79. The van der Waals surface area contributed by atoms with Gasteiger partial charge in [-0.2, -0.15) is 11.8 Å². The summed E-state index contributed by atoms with van der Waals surface area (Å²) in [5.41, 5.74) is 1.15. The van der Waals surface area contributed by atoms with E-state index >= 15 is 0 Å². The van der Waals surface area contributed by atoms with Crippen molar-refractivity contribution in [2.75, 3.05) is 43.1 Å². The Morgan fingerprint density at radius 2 is 2.05 bits per heavy atom. The summed E-state index contributed by atoms with van der Waals surface area (Å²) in [6, 6.07) is 7.91. The number of carbonyl (C=O) groups is 1. The van der Waals surface area contributed by atoms with Gasteiger partial charge < -0.3 is 9.80 Å². The van der Waals surface area contributed by atoms with Crippen molar-refractivity contribution in [2.24, 2.45) is 0 Å². The minimum atomic E-state index is 0.296. The predicted octanol–water partition coefficient (Wildman–Crippen LogP) is 3.13. The van der Waals surface area contributed by atoms with Gasteiger partial charge in [-0.1, -0.05) is 17.7 Å². The molecule has 0 spiro atoms. The molecule has 1 heterocycles. The number of hydrogen-bond donors (Lipinski definition) is 0. The highest BCUT2D eigenvalue weighted by atomic mass is 35.5. The van der Waals surface area contributed by atoms with Crippen molar-refractivity contribution >= 4 is 35.0 Å². The molecule has 1 aromatic rings. The SMILES string of the molecule is CSCCCC(=O)N1CCN(c2cccc(Cl)c2)CC1. The second-order valence-electron chi connectivity index (χ2n) is 4.94. The molecule has 0 N–H and O–H groups in total. The average molecular weight is 313 g/mol. The lowest BCUT2D eigenvalue weighted by atomic mass is 10.2. The smallest absolute Gasteiger partial charge is 0.222 e. The molecular weight excluding hydrogens is 292 g/mol. The molecule has 0 aliphatic carbocycles. The number of rotatable bonds is 5. The number of benzene rings is 1. The van der Waals surface area contributed by atoms with Crippen LogP contribution in [-0.4, -0.2) is 49.0 Å². The van der Waals surface area contributed by atoms with Gasteiger partial charge in [0, 0.05) is 43.3 Å². The quantitative estimate of drug-likeness (QED) is 0.780.